The number of ketones is 1. The molecule has 0 saturated carbocycles. The van der Waals surface area contributed by atoms with Crippen molar-refractivity contribution in [1.29, 1.82) is 0 Å². The Morgan fingerprint density at radius 1 is 0.875 bits per heavy atom. The van der Waals surface area contributed by atoms with Crippen LogP contribution in [0.3, 0.4) is 0 Å². The SMILES string of the molecule is O=C(CCc1ccc(OCc2ccccc2)cc1)c1cccnc1. The fourth-order valence-corrected chi connectivity index (χ4v) is 2.42. The molecule has 3 nitrogen and oxygen atoms in total. The van der Waals surface area contributed by atoms with Crippen molar-refractivity contribution in [3.63, 3.8) is 0 Å². The van der Waals surface area contributed by atoms with Gasteiger partial charge in [-0.3, -0.25) is 9.78 Å². The van der Waals surface area contributed by atoms with Gasteiger partial charge >= 0.3 is 0 Å². The third-order valence-electron chi connectivity index (χ3n) is 3.80. The number of aryl methyl sites for hydroxylation is 1. The predicted molar refractivity (Wildman–Crippen MR) is 94.1 cm³/mol. The number of Topliss-reactive ketones (excluding diaryl/α,β-unsaturated/α-hetero) is 1. The van der Waals surface area contributed by atoms with Crippen LogP contribution in [0.1, 0.15) is 27.9 Å². The highest BCUT2D eigenvalue weighted by atomic mass is 16.5. The number of carbonyl (C=O) groups is 1. The van der Waals surface area contributed by atoms with Gasteiger partial charge in [-0.2, -0.15) is 0 Å². The predicted octanol–water partition coefficient (Wildman–Crippen LogP) is 4.48. The first-order valence-corrected chi connectivity index (χ1v) is 8.00. The van der Waals surface area contributed by atoms with E-state index in [0.717, 1.165) is 16.9 Å². The zero-order chi connectivity index (χ0) is 16.6. The molecule has 0 fully saturated rings. The molecule has 0 spiro atoms. The zero-order valence-corrected chi connectivity index (χ0v) is 13.4. The summed E-state index contributed by atoms with van der Waals surface area (Å²) in [5.74, 6) is 0.952. The molecule has 1 aromatic heterocycles. The summed E-state index contributed by atoms with van der Waals surface area (Å²) in [7, 11) is 0. The lowest BCUT2D eigenvalue weighted by Gasteiger charge is -2.07. The summed E-state index contributed by atoms with van der Waals surface area (Å²) >= 11 is 0. The molecule has 3 heteroatoms. The maximum absolute atomic E-state index is 12.1. The maximum atomic E-state index is 12.1. The number of hydrogen-bond donors (Lipinski definition) is 0. The van der Waals surface area contributed by atoms with E-state index in [1.807, 2.05) is 54.6 Å². The van der Waals surface area contributed by atoms with E-state index < -0.39 is 0 Å². The van der Waals surface area contributed by atoms with Gasteiger partial charge in [0.25, 0.3) is 0 Å². The fourth-order valence-electron chi connectivity index (χ4n) is 2.42. The second kappa shape index (κ2) is 8.06. The first-order chi connectivity index (χ1) is 11.8. The van der Waals surface area contributed by atoms with Crippen LogP contribution < -0.4 is 4.74 Å². The second-order valence-corrected chi connectivity index (χ2v) is 5.58. The van der Waals surface area contributed by atoms with E-state index in [0.29, 0.717) is 25.0 Å². The van der Waals surface area contributed by atoms with E-state index in [2.05, 4.69) is 4.98 Å². The lowest BCUT2D eigenvalue weighted by atomic mass is 10.0. The topological polar surface area (TPSA) is 39.2 Å². The molecule has 120 valence electrons. The van der Waals surface area contributed by atoms with Crippen LogP contribution in [-0.4, -0.2) is 10.8 Å². The van der Waals surface area contributed by atoms with Gasteiger partial charge in [0.05, 0.1) is 0 Å². The third kappa shape index (κ3) is 4.53. The largest absolute Gasteiger partial charge is 0.489 e. The van der Waals surface area contributed by atoms with Crippen molar-refractivity contribution < 1.29 is 9.53 Å². The van der Waals surface area contributed by atoms with E-state index in [1.165, 1.54) is 0 Å². The molecule has 2 aromatic carbocycles. The highest BCUT2D eigenvalue weighted by molar-refractivity contribution is 5.95. The average Bonchev–Trinajstić information content (AvgIpc) is 2.67. The van der Waals surface area contributed by atoms with Crippen LogP contribution in [0, 0.1) is 0 Å². The Morgan fingerprint density at radius 2 is 1.67 bits per heavy atom. The number of rotatable bonds is 7. The van der Waals surface area contributed by atoms with Gasteiger partial charge in [-0.25, -0.2) is 0 Å². The molecule has 0 aliphatic carbocycles. The number of aromatic nitrogens is 1. The molecule has 3 aromatic rings. The molecule has 0 radical (unpaired) electrons. The lowest BCUT2D eigenvalue weighted by Crippen LogP contribution is -2.01. The van der Waals surface area contributed by atoms with Gasteiger partial charge < -0.3 is 4.74 Å². The van der Waals surface area contributed by atoms with Crippen molar-refractivity contribution in [3.8, 4) is 5.75 Å². The molecule has 0 N–H and O–H groups in total. The summed E-state index contributed by atoms with van der Waals surface area (Å²) in [5.41, 5.74) is 2.93. The van der Waals surface area contributed by atoms with Gasteiger partial charge in [0.1, 0.15) is 12.4 Å². The Bertz CT molecular complexity index is 768. The van der Waals surface area contributed by atoms with Gasteiger partial charge in [0.15, 0.2) is 5.78 Å². The number of carbonyl (C=O) groups excluding carboxylic acids is 1. The summed E-state index contributed by atoms with van der Waals surface area (Å²) in [6.45, 7) is 0.555. The molecule has 0 aliphatic rings. The van der Waals surface area contributed by atoms with Crippen molar-refractivity contribution in [2.75, 3.05) is 0 Å². The molecule has 24 heavy (non-hydrogen) atoms. The first-order valence-electron chi connectivity index (χ1n) is 8.00. The Kier molecular flexibility index (Phi) is 5.36. The molecule has 3 rings (SSSR count). The first kappa shape index (κ1) is 15.9. The summed E-state index contributed by atoms with van der Waals surface area (Å²) in [6.07, 6.45) is 4.48. The molecule has 0 unspecified atom stereocenters. The standard InChI is InChI=1S/C21H19NO2/c23-21(19-7-4-14-22-15-19)13-10-17-8-11-20(12-9-17)24-16-18-5-2-1-3-6-18/h1-9,11-12,14-15H,10,13,16H2. The van der Waals surface area contributed by atoms with Gasteiger partial charge in [-0.1, -0.05) is 42.5 Å². The molecule has 0 saturated heterocycles. The van der Waals surface area contributed by atoms with Crippen LogP contribution in [-0.2, 0) is 13.0 Å². The van der Waals surface area contributed by atoms with Crippen molar-refractivity contribution in [2.45, 2.75) is 19.4 Å². The van der Waals surface area contributed by atoms with Crippen molar-refractivity contribution in [1.82, 2.24) is 4.98 Å². The van der Waals surface area contributed by atoms with Gasteiger partial charge in [0, 0.05) is 24.4 Å². The van der Waals surface area contributed by atoms with Crippen LogP contribution in [0.2, 0.25) is 0 Å². The Balaban J connectivity index is 1.50. The molecule has 0 atom stereocenters. The van der Waals surface area contributed by atoms with E-state index in [1.54, 1.807) is 24.5 Å². The van der Waals surface area contributed by atoms with Gasteiger partial charge in [-0.05, 0) is 41.8 Å². The second-order valence-electron chi connectivity index (χ2n) is 5.58. The lowest BCUT2D eigenvalue weighted by molar-refractivity contribution is 0.0982. The number of nitrogens with zero attached hydrogens (tertiary/aromatic N) is 1. The van der Waals surface area contributed by atoms with Crippen LogP contribution >= 0.6 is 0 Å². The Morgan fingerprint density at radius 3 is 2.38 bits per heavy atom. The molecular formula is C21H19NO2. The molecular weight excluding hydrogens is 298 g/mol. The number of ether oxygens (including phenoxy) is 1. The van der Waals surface area contributed by atoms with Crippen LogP contribution in [0.5, 0.6) is 5.75 Å². The monoisotopic (exact) mass is 317 g/mol. The minimum atomic E-state index is 0.118. The quantitative estimate of drug-likeness (QED) is 0.603. The van der Waals surface area contributed by atoms with E-state index in [4.69, 9.17) is 4.74 Å². The third-order valence-corrected chi connectivity index (χ3v) is 3.80. The van der Waals surface area contributed by atoms with E-state index in [-0.39, 0.29) is 5.78 Å². The zero-order valence-electron chi connectivity index (χ0n) is 13.4. The van der Waals surface area contributed by atoms with Crippen LogP contribution in [0.4, 0.5) is 0 Å². The molecule has 1 heterocycles. The highest BCUT2D eigenvalue weighted by Crippen LogP contribution is 2.16. The smallest absolute Gasteiger partial charge is 0.164 e. The van der Waals surface area contributed by atoms with Crippen LogP contribution in [0.15, 0.2) is 79.1 Å². The molecule has 0 amide bonds. The van der Waals surface area contributed by atoms with E-state index in [9.17, 15) is 4.79 Å². The number of hydrogen-bond acceptors (Lipinski definition) is 3. The van der Waals surface area contributed by atoms with Crippen molar-refractivity contribution >= 4 is 5.78 Å². The molecule has 0 aliphatic heterocycles. The van der Waals surface area contributed by atoms with Crippen molar-refractivity contribution in [2.24, 2.45) is 0 Å². The molecule has 0 bridgehead atoms. The Labute approximate surface area is 142 Å². The minimum absolute atomic E-state index is 0.118. The van der Waals surface area contributed by atoms with Crippen LogP contribution in [0.25, 0.3) is 0 Å². The fraction of sp³-hybridized carbons (Fsp3) is 0.143. The summed E-state index contributed by atoms with van der Waals surface area (Å²) < 4.78 is 5.77. The highest BCUT2D eigenvalue weighted by Gasteiger charge is 2.06. The summed E-state index contributed by atoms with van der Waals surface area (Å²) in [6, 6.07) is 21.6. The maximum Gasteiger partial charge on any atom is 0.164 e. The Hall–Kier alpha value is -2.94. The van der Waals surface area contributed by atoms with Crippen molar-refractivity contribution in [3.05, 3.63) is 95.8 Å². The van der Waals surface area contributed by atoms with E-state index >= 15 is 0 Å². The normalized spacial score (nSPS) is 10.3. The van der Waals surface area contributed by atoms with Gasteiger partial charge in [-0.15, -0.1) is 0 Å². The number of pyridine rings is 1. The van der Waals surface area contributed by atoms with Gasteiger partial charge in [0.2, 0.25) is 0 Å². The average molecular weight is 317 g/mol. The summed E-state index contributed by atoms with van der Waals surface area (Å²) in [4.78, 5) is 16.1. The minimum Gasteiger partial charge on any atom is -0.489 e. The summed E-state index contributed by atoms with van der Waals surface area (Å²) in [5, 5.41) is 0. The number of benzene rings is 2.